The molecule has 3 aromatic rings. The van der Waals surface area contributed by atoms with E-state index in [0.29, 0.717) is 18.7 Å². The lowest BCUT2D eigenvalue weighted by atomic mass is 9.78. The summed E-state index contributed by atoms with van der Waals surface area (Å²) in [6.07, 6.45) is 4.63. The molecule has 2 bridgehead atoms. The van der Waals surface area contributed by atoms with Crippen LogP contribution < -0.4 is 5.56 Å². The second-order valence-corrected chi connectivity index (χ2v) is 8.99. The zero-order valence-electron chi connectivity index (χ0n) is 17.7. The summed E-state index contributed by atoms with van der Waals surface area (Å²) in [7, 11) is 4.07. The van der Waals surface area contributed by atoms with Gasteiger partial charge in [-0.25, -0.2) is 4.52 Å². The zero-order valence-corrected chi connectivity index (χ0v) is 17.7. The highest BCUT2D eigenvalue weighted by atomic mass is 16.2. The third kappa shape index (κ3) is 3.04. The summed E-state index contributed by atoms with van der Waals surface area (Å²) in [4.78, 5) is 30.3. The fourth-order valence-electron chi connectivity index (χ4n) is 5.24. The lowest BCUT2D eigenvalue weighted by Crippen LogP contribution is -2.52. The third-order valence-corrected chi connectivity index (χ3v) is 6.53. The van der Waals surface area contributed by atoms with E-state index in [1.165, 1.54) is 0 Å². The summed E-state index contributed by atoms with van der Waals surface area (Å²) in [5, 5.41) is 4.39. The number of nitrogens with zero attached hydrogens (tertiary/aromatic N) is 5. The molecule has 0 radical (unpaired) electrons. The number of rotatable bonds is 3. The first kappa shape index (κ1) is 19.1. The van der Waals surface area contributed by atoms with Gasteiger partial charge in [0.1, 0.15) is 0 Å². The number of likely N-dealkylation sites (N-methyl/N-ethyl adjacent to an activating group) is 1. The monoisotopic (exact) mass is 405 g/mol. The van der Waals surface area contributed by atoms with Gasteiger partial charge in [0.25, 0.3) is 11.5 Å². The second kappa shape index (κ2) is 7.09. The Labute approximate surface area is 175 Å². The van der Waals surface area contributed by atoms with Crippen molar-refractivity contribution in [2.75, 3.05) is 33.7 Å². The minimum absolute atomic E-state index is 0.0267. The minimum atomic E-state index is 0.0267. The highest BCUT2D eigenvalue weighted by Gasteiger charge is 2.42. The largest absolute Gasteiger partial charge is 0.338 e. The van der Waals surface area contributed by atoms with Crippen LogP contribution in [-0.2, 0) is 0 Å². The maximum atomic E-state index is 13.5. The van der Waals surface area contributed by atoms with E-state index < -0.39 is 0 Å². The quantitative estimate of drug-likeness (QED) is 0.670. The minimum Gasteiger partial charge on any atom is -0.338 e. The molecule has 1 fully saturated rings. The van der Waals surface area contributed by atoms with Gasteiger partial charge in [-0.05, 0) is 51.1 Å². The Morgan fingerprint density at radius 1 is 1.20 bits per heavy atom. The number of aromatic nitrogens is 3. The topological polar surface area (TPSA) is 62.9 Å². The Balaban J connectivity index is 1.51. The van der Waals surface area contributed by atoms with Gasteiger partial charge in [0, 0.05) is 43.5 Å². The Kier molecular flexibility index (Phi) is 4.50. The molecule has 0 spiro atoms. The highest BCUT2D eigenvalue weighted by molar-refractivity contribution is 6.00. The van der Waals surface area contributed by atoms with Crippen LogP contribution in [0.15, 0.2) is 47.5 Å². The number of hydrogen-bond donors (Lipinski definition) is 0. The average Bonchev–Trinajstić information content (AvgIpc) is 3.13. The Bertz CT molecular complexity index is 1180. The van der Waals surface area contributed by atoms with Crippen molar-refractivity contribution in [2.45, 2.75) is 25.3 Å². The number of piperidine rings is 1. The molecule has 5 rings (SSSR count). The molecule has 7 nitrogen and oxygen atoms in total. The van der Waals surface area contributed by atoms with E-state index >= 15 is 0 Å². The Morgan fingerprint density at radius 3 is 2.83 bits per heavy atom. The van der Waals surface area contributed by atoms with Crippen LogP contribution in [0.5, 0.6) is 0 Å². The molecule has 30 heavy (non-hydrogen) atoms. The first-order valence-corrected chi connectivity index (χ1v) is 10.5. The van der Waals surface area contributed by atoms with E-state index in [0.717, 1.165) is 29.7 Å². The van der Waals surface area contributed by atoms with Gasteiger partial charge in [-0.15, -0.1) is 0 Å². The van der Waals surface area contributed by atoms with Crippen molar-refractivity contribution >= 4 is 11.4 Å². The lowest BCUT2D eigenvalue weighted by molar-refractivity contribution is 0.0500. The first-order chi connectivity index (χ1) is 14.4. The average molecular weight is 406 g/mol. The van der Waals surface area contributed by atoms with Gasteiger partial charge in [0.2, 0.25) is 0 Å². The van der Waals surface area contributed by atoms with Crippen molar-refractivity contribution in [3.63, 3.8) is 0 Å². The maximum absolute atomic E-state index is 13.5. The van der Waals surface area contributed by atoms with Crippen LogP contribution in [0.1, 0.15) is 40.0 Å². The zero-order chi connectivity index (χ0) is 21.0. The van der Waals surface area contributed by atoms with Gasteiger partial charge >= 0.3 is 0 Å². The molecule has 3 atom stereocenters. The number of aryl methyl sites for hydroxylation is 1. The third-order valence-electron chi connectivity index (χ3n) is 6.53. The van der Waals surface area contributed by atoms with Crippen LogP contribution in [0.3, 0.4) is 0 Å². The first-order valence-electron chi connectivity index (χ1n) is 10.5. The summed E-state index contributed by atoms with van der Waals surface area (Å²) < 4.78 is 3.76. The fourth-order valence-corrected chi connectivity index (χ4v) is 5.24. The molecule has 1 amide bonds. The Morgan fingerprint density at radius 2 is 2.03 bits per heavy atom. The second-order valence-electron chi connectivity index (χ2n) is 8.99. The highest BCUT2D eigenvalue weighted by Crippen LogP contribution is 2.41. The molecular formula is C23H27N5O2. The molecule has 7 heteroatoms. The number of carbonyl (C=O) groups is 1. The molecule has 3 aromatic heterocycles. The maximum Gasteiger partial charge on any atom is 0.257 e. The summed E-state index contributed by atoms with van der Waals surface area (Å²) in [5.74, 6) is 0.467. The number of fused-ring (bicyclic) bond motifs is 5. The molecule has 156 valence electrons. The van der Waals surface area contributed by atoms with Crippen LogP contribution in [0.2, 0.25) is 0 Å². The van der Waals surface area contributed by atoms with Crippen LogP contribution in [0.25, 0.3) is 5.52 Å². The van der Waals surface area contributed by atoms with Gasteiger partial charge in [0.05, 0.1) is 23.3 Å². The number of amides is 1. The van der Waals surface area contributed by atoms with Crippen molar-refractivity contribution in [2.24, 2.45) is 5.92 Å². The molecule has 1 saturated heterocycles. The summed E-state index contributed by atoms with van der Waals surface area (Å²) in [6, 6.07) is 9.59. The fraction of sp³-hybridized carbons (Fsp3) is 0.435. The van der Waals surface area contributed by atoms with Crippen molar-refractivity contribution in [3.05, 3.63) is 69.9 Å². The van der Waals surface area contributed by atoms with E-state index in [9.17, 15) is 9.59 Å². The van der Waals surface area contributed by atoms with Crippen LogP contribution in [0.4, 0.5) is 0 Å². The molecule has 2 aliphatic heterocycles. The number of carbonyl (C=O) groups excluding carboxylic acids is 1. The van der Waals surface area contributed by atoms with Crippen molar-refractivity contribution < 1.29 is 4.79 Å². The molecule has 0 aliphatic carbocycles. The molecule has 0 unspecified atom stereocenters. The smallest absolute Gasteiger partial charge is 0.257 e. The Hall–Kier alpha value is -2.93. The molecule has 0 saturated carbocycles. The molecule has 5 heterocycles. The van der Waals surface area contributed by atoms with E-state index in [1.54, 1.807) is 16.8 Å². The number of likely N-dealkylation sites (tertiary alicyclic amines) is 1. The van der Waals surface area contributed by atoms with E-state index in [1.807, 2.05) is 54.9 Å². The van der Waals surface area contributed by atoms with Gasteiger partial charge < -0.3 is 14.4 Å². The van der Waals surface area contributed by atoms with Crippen molar-refractivity contribution in [1.29, 1.82) is 0 Å². The van der Waals surface area contributed by atoms with Crippen molar-refractivity contribution in [3.8, 4) is 0 Å². The standard InChI is InChI=1S/C23H27N5O2/c1-15-7-8-20-18(10-24-27(20)11-15)23(30)26-12-16-9-17(13-26)21(14-25(2)3)28-19(16)5-4-6-22(28)29/h4-8,10-11,16-17,21H,9,12-14H2,1-3H3/t16-,17+,21+/m1/s1. The SMILES string of the molecule is Cc1ccc2c(C(=O)N3C[C@H]4C[C@@H](C3)[C@H](CN(C)C)n3c4cccc3=O)cnn2c1. The van der Waals surface area contributed by atoms with E-state index in [4.69, 9.17) is 0 Å². The van der Waals surface area contributed by atoms with Crippen LogP contribution >= 0.6 is 0 Å². The predicted molar refractivity (Wildman–Crippen MR) is 115 cm³/mol. The molecule has 0 aromatic carbocycles. The van der Waals surface area contributed by atoms with E-state index in [-0.39, 0.29) is 29.3 Å². The van der Waals surface area contributed by atoms with Gasteiger partial charge in [0.15, 0.2) is 0 Å². The van der Waals surface area contributed by atoms with Gasteiger partial charge in [-0.3, -0.25) is 9.59 Å². The number of hydrogen-bond acceptors (Lipinski definition) is 4. The number of pyridine rings is 2. The molecule has 2 aliphatic rings. The van der Waals surface area contributed by atoms with Crippen LogP contribution in [0, 0.1) is 12.8 Å². The summed E-state index contributed by atoms with van der Waals surface area (Å²) in [5.41, 5.74) is 3.70. The molecule has 0 N–H and O–H groups in total. The predicted octanol–water partition coefficient (Wildman–Crippen LogP) is 2.17. The summed E-state index contributed by atoms with van der Waals surface area (Å²) >= 11 is 0. The van der Waals surface area contributed by atoms with Crippen molar-refractivity contribution in [1.82, 2.24) is 24.0 Å². The van der Waals surface area contributed by atoms with Gasteiger partial charge in [-0.2, -0.15) is 5.10 Å². The normalized spacial score (nSPS) is 23.1. The van der Waals surface area contributed by atoms with Gasteiger partial charge in [-0.1, -0.05) is 12.1 Å². The van der Waals surface area contributed by atoms with E-state index in [2.05, 4.69) is 16.1 Å². The summed E-state index contributed by atoms with van der Waals surface area (Å²) in [6.45, 7) is 4.10. The van der Waals surface area contributed by atoms with Crippen LogP contribution in [-0.4, -0.2) is 63.6 Å². The molecular weight excluding hydrogens is 378 g/mol. The lowest BCUT2D eigenvalue weighted by Gasteiger charge is -2.47.